The molecule has 0 bridgehead atoms. The first-order chi connectivity index (χ1) is 32.5. The molecule has 0 aliphatic rings. The molecule has 5 heterocycles. The van der Waals surface area contributed by atoms with Crippen molar-refractivity contribution in [1.82, 2.24) is 19.5 Å². The molecule has 0 fully saturated rings. The molecule has 0 saturated carbocycles. The molecule has 0 unspecified atom stereocenters. The first-order valence-electron chi connectivity index (χ1n) is 23.5. The van der Waals surface area contributed by atoms with Crippen LogP contribution in [-0.4, -0.2) is 27.6 Å². The third-order valence-corrected chi connectivity index (χ3v) is 14.1. The minimum atomic E-state index is -2.38. The Morgan fingerprint density at radius 3 is 2.15 bits per heavy atom. The second-order valence-electron chi connectivity index (χ2n) is 18.2. The molecule has 0 amide bonds. The van der Waals surface area contributed by atoms with Crippen LogP contribution in [0.2, 0.25) is 19.6 Å². The zero-order valence-corrected chi connectivity index (χ0v) is 41.1. The van der Waals surface area contributed by atoms with Gasteiger partial charge in [-0.2, -0.15) is 0 Å². The Bertz CT molecular complexity index is 3640. The normalized spacial score (nSPS) is 12.7. The van der Waals surface area contributed by atoms with Gasteiger partial charge in [0.05, 0.1) is 30.5 Å². The van der Waals surface area contributed by atoms with Crippen molar-refractivity contribution >= 4 is 68.4 Å². The summed E-state index contributed by atoms with van der Waals surface area (Å²) in [5.74, 6) is 0.489. The standard InChI is InChI=1S/C43H34N3O2.C14H15FNSi.Ir/c1-24(2)32-21-28(27-14-7-6-8-15-27)22-33(25(3)4)40(32)46-39-26(5)13-11-19-35(39)44-42(46)31-18-12-17-29-34-23-37-38(45-43(34)48-41(29)31)30-16-9-10-20-36(30)47-37;1-17(2,3)13-8-9-14(16-10-13)11-4-6-12(15)7-5-11;/h6-17,19-25H,1-5H3;4,6-10H,1-3H3;/q2*-1;/i5D3;;. The molecule has 0 saturated heterocycles. The minimum absolute atomic E-state index is 0. The van der Waals surface area contributed by atoms with E-state index in [0.29, 0.717) is 39.3 Å². The Balaban J connectivity index is 0.000000279. The monoisotopic (exact) mass is 1060 g/mol. The van der Waals surface area contributed by atoms with E-state index in [1.807, 2.05) is 66.9 Å². The van der Waals surface area contributed by atoms with Gasteiger partial charge >= 0.3 is 0 Å². The number of imidazole rings is 1. The summed E-state index contributed by atoms with van der Waals surface area (Å²) in [6.07, 6.45) is 1.93. The van der Waals surface area contributed by atoms with E-state index in [4.69, 9.17) is 22.9 Å². The van der Waals surface area contributed by atoms with E-state index >= 15 is 0 Å². The fraction of sp³-hybridized carbons (Fsp3) is 0.175. The number of hydrogen-bond donors (Lipinski definition) is 0. The molecule has 11 aromatic rings. The number of aryl methyl sites for hydroxylation is 1. The van der Waals surface area contributed by atoms with E-state index in [2.05, 4.69) is 111 Å². The SMILES string of the molecule is C[Si](C)(C)c1ccc(-c2[c-]cc(F)cc2)nc1.[2H]C([2H])([2H])c1cccc2nc(-c3[c-]ccc4c3oc3nc5c(cc34)oc3ccccc35)n(-c3c(C(C)C)cc(-c4ccccc4)cc3C(C)C)c12.[Ir]. The van der Waals surface area contributed by atoms with Crippen LogP contribution >= 0.6 is 0 Å². The van der Waals surface area contributed by atoms with Crippen LogP contribution in [0.1, 0.15) is 60.3 Å². The number of halogens is 1. The maximum Gasteiger partial charge on any atom is 0.216 e. The maximum atomic E-state index is 12.8. The van der Waals surface area contributed by atoms with Crippen molar-refractivity contribution in [1.29, 1.82) is 0 Å². The number of aromatic nitrogens is 4. The van der Waals surface area contributed by atoms with Crippen LogP contribution in [0.4, 0.5) is 4.39 Å². The Morgan fingerprint density at radius 2 is 1.47 bits per heavy atom. The van der Waals surface area contributed by atoms with Gasteiger partial charge in [-0.15, -0.1) is 48.0 Å². The van der Waals surface area contributed by atoms with E-state index in [0.717, 1.165) is 66.5 Å². The van der Waals surface area contributed by atoms with E-state index in [1.165, 1.54) is 17.3 Å². The quantitative estimate of drug-likeness (QED) is 0.117. The summed E-state index contributed by atoms with van der Waals surface area (Å²) in [6, 6.07) is 48.8. The predicted molar refractivity (Wildman–Crippen MR) is 267 cm³/mol. The number of nitrogens with zero attached hydrogens (tertiary/aromatic N) is 4. The zero-order chi connectivity index (χ0) is 47.6. The van der Waals surface area contributed by atoms with Gasteiger partial charge in [0.15, 0.2) is 5.58 Å². The van der Waals surface area contributed by atoms with Crippen molar-refractivity contribution < 1.29 is 37.4 Å². The van der Waals surface area contributed by atoms with Gasteiger partial charge in [0.25, 0.3) is 0 Å². The molecule has 1 radical (unpaired) electrons. The van der Waals surface area contributed by atoms with Gasteiger partial charge in [0.2, 0.25) is 5.71 Å². The van der Waals surface area contributed by atoms with Crippen molar-refractivity contribution in [3.8, 4) is 39.5 Å². The topological polar surface area (TPSA) is 69.9 Å². The van der Waals surface area contributed by atoms with E-state index in [1.54, 1.807) is 18.2 Å². The minimum Gasteiger partial charge on any atom is -0.486 e. The molecule has 6 nitrogen and oxygen atoms in total. The first-order valence-corrected chi connectivity index (χ1v) is 25.5. The van der Waals surface area contributed by atoms with Crippen molar-refractivity contribution in [3.63, 3.8) is 0 Å². The van der Waals surface area contributed by atoms with Crippen molar-refractivity contribution in [2.24, 2.45) is 0 Å². The van der Waals surface area contributed by atoms with E-state index in [-0.39, 0.29) is 43.3 Å². The molecule has 331 valence electrons. The second-order valence-corrected chi connectivity index (χ2v) is 23.3. The van der Waals surface area contributed by atoms with Crippen LogP contribution in [0.15, 0.2) is 148 Å². The predicted octanol–water partition coefficient (Wildman–Crippen LogP) is 15.1. The average Bonchev–Trinajstić information content (AvgIpc) is 4.01. The van der Waals surface area contributed by atoms with Gasteiger partial charge in [-0.25, -0.2) is 4.98 Å². The summed E-state index contributed by atoms with van der Waals surface area (Å²) in [5, 5.41) is 3.90. The third-order valence-electron chi connectivity index (χ3n) is 12.1. The fourth-order valence-electron chi connectivity index (χ4n) is 8.64. The van der Waals surface area contributed by atoms with Crippen LogP contribution in [0.3, 0.4) is 0 Å². The molecule has 0 aliphatic carbocycles. The number of fused-ring (bicyclic) bond motifs is 7. The largest absolute Gasteiger partial charge is 0.486 e. The van der Waals surface area contributed by atoms with Gasteiger partial charge in [-0.3, -0.25) is 9.37 Å². The molecular weight excluding hydrogens is 1010 g/mol. The Hall–Kier alpha value is -6.51. The molecule has 0 aliphatic heterocycles. The fourth-order valence-corrected chi connectivity index (χ4v) is 9.68. The molecule has 0 N–H and O–H groups in total. The summed E-state index contributed by atoms with van der Waals surface area (Å²) >= 11 is 0. The Labute approximate surface area is 403 Å². The van der Waals surface area contributed by atoms with E-state index in [9.17, 15) is 4.39 Å². The summed E-state index contributed by atoms with van der Waals surface area (Å²) in [4.78, 5) is 14.6. The summed E-state index contributed by atoms with van der Waals surface area (Å²) in [6.45, 7) is 13.2. The molecule has 0 atom stereocenters. The van der Waals surface area contributed by atoms with Gasteiger partial charge < -0.3 is 18.4 Å². The van der Waals surface area contributed by atoms with E-state index < -0.39 is 14.9 Å². The molecule has 0 spiro atoms. The number of pyridine rings is 2. The number of para-hydroxylation sites is 2. The molecule has 66 heavy (non-hydrogen) atoms. The molecule has 11 rings (SSSR count). The molecular formula is C57H49FIrN4O2Si-2. The number of hydrogen-bond acceptors (Lipinski definition) is 5. The third kappa shape index (κ3) is 8.10. The first kappa shape index (κ1) is 41.0. The molecule has 6 aromatic carbocycles. The van der Waals surface area contributed by atoms with Crippen LogP contribution in [-0.2, 0) is 20.1 Å². The second kappa shape index (κ2) is 17.7. The molecule has 9 heteroatoms. The average molecular weight is 1060 g/mol. The van der Waals surface area contributed by atoms with Crippen molar-refractivity contribution in [3.05, 3.63) is 174 Å². The molecule has 5 aromatic heterocycles. The number of furan rings is 2. The van der Waals surface area contributed by atoms with Gasteiger partial charge in [-0.05, 0) is 93.8 Å². The summed E-state index contributed by atoms with van der Waals surface area (Å²) < 4.78 is 53.5. The van der Waals surface area contributed by atoms with Gasteiger partial charge in [-0.1, -0.05) is 125 Å². The van der Waals surface area contributed by atoms with Crippen molar-refractivity contribution in [2.45, 2.75) is 66.0 Å². The van der Waals surface area contributed by atoms with Crippen LogP contribution in [0.5, 0.6) is 0 Å². The van der Waals surface area contributed by atoms with Crippen LogP contribution in [0.25, 0.3) is 94.6 Å². The Kier molecular flexibility index (Phi) is 11.0. The summed E-state index contributed by atoms with van der Waals surface area (Å²) in [5.41, 5.74) is 12.2. The smallest absolute Gasteiger partial charge is 0.216 e. The maximum absolute atomic E-state index is 12.8. The zero-order valence-electron chi connectivity index (χ0n) is 40.8. The Morgan fingerprint density at radius 1 is 0.712 bits per heavy atom. The van der Waals surface area contributed by atoms with Gasteiger partial charge in [0, 0.05) is 52.7 Å². The number of rotatable bonds is 7. The van der Waals surface area contributed by atoms with Crippen LogP contribution < -0.4 is 5.19 Å². The van der Waals surface area contributed by atoms with Crippen molar-refractivity contribution in [2.75, 3.05) is 0 Å². The number of benzene rings is 6. The van der Waals surface area contributed by atoms with Gasteiger partial charge in [0.1, 0.15) is 11.1 Å². The van der Waals surface area contributed by atoms with Crippen LogP contribution in [0, 0.1) is 24.8 Å². The summed E-state index contributed by atoms with van der Waals surface area (Å²) in [7, 11) is -1.30.